The minimum Gasteiger partial charge on any atom is -0.872 e. The van der Waals surface area contributed by atoms with Gasteiger partial charge in [0.2, 0.25) is 0 Å². The molecule has 0 spiro atoms. The van der Waals surface area contributed by atoms with Gasteiger partial charge in [-0.1, -0.05) is 60.3 Å². The lowest BCUT2D eigenvalue weighted by molar-refractivity contribution is -0.894. The molecule has 258 valence electrons. The van der Waals surface area contributed by atoms with Gasteiger partial charge in [-0.2, -0.15) is 13.1 Å². The summed E-state index contributed by atoms with van der Waals surface area (Å²) in [7, 11) is -4.44. The van der Waals surface area contributed by atoms with Crippen LogP contribution in [0.15, 0.2) is 60.9 Å². The van der Waals surface area contributed by atoms with E-state index >= 15 is 0 Å². The van der Waals surface area contributed by atoms with Gasteiger partial charge in [-0.15, -0.1) is 0 Å². The molecule has 0 bridgehead atoms. The molecule has 1 amide bonds. The predicted octanol–water partition coefficient (Wildman–Crippen LogP) is -0.0442. The first-order chi connectivity index (χ1) is 23.0. The lowest BCUT2D eigenvalue weighted by Crippen LogP contribution is -3.11. The molecule has 1 saturated heterocycles. The fourth-order valence-corrected chi connectivity index (χ4v) is 6.09. The number of aliphatic hydroxyl groups excluding tert-OH is 2. The van der Waals surface area contributed by atoms with E-state index in [4.69, 9.17) is 4.74 Å². The number of hydrogen-bond acceptors (Lipinski definition) is 11. The SMILES string of the molecule is CC[NH+](CC)CC.O=C(NS(=O)(=O)NC[C@H]1O[C@@H](n2cnc3c(NC4CC4)nc(-c4ccccc4)nc32)[C@H](O)[C@@H]1O)c1ccccc1[O-]. The summed E-state index contributed by atoms with van der Waals surface area (Å²) in [4.78, 5) is 27.7. The first kappa shape index (κ1) is 35.1. The molecule has 2 aromatic heterocycles. The van der Waals surface area contributed by atoms with Crippen LogP contribution in [0.3, 0.4) is 0 Å². The maximum absolute atomic E-state index is 12.5. The first-order valence-electron chi connectivity index (χ1n) is 16.0. The minimum absolute atomic E-state index is 0.275. The molecule has 15 nitrogen and oxygen atoms in total. The predicted molar refractivity (Wildman–Crippen MR) is 176 cm³/mol. The molecule has 2 aromatic carbocycles. The number of rotatable bonds is 12. The Kier molecular flexibility index (Phi) is 11.2. The van der Waals surface area contributed by atoms with Crippen molar-refractivity contribution in [2.24, 2.45) is 0 Å². The van der Waals surface area contributed by atoms with Crippen LogP contribution < -0.4 is 24.8 Å². The van der Waals surface area contributed by atoms with Crippen LogP contribution in [-0.2, 0) is 14.9 Å². The van der Waals surface area contributed by atoms with Crippen molar-refractivity contribution in [3.05, 3.63) is 66.5 Å². The average molecular weight is 683 g/mol. The fraction of sp³-hybridized carbons (Fsp3) is 0.438. The highest BCUT2D eigenvalue weighted by Crippen LogP contribution is 2.34. The smallest absolute Gasteiger partial charge is 0.301 e. The highest BCUT2D eigenvalue weighted by molar-refractivity contribution is 7.88. The number of fused-ring (bicyclic) bond motifs is 1. The van der Waals surface area contributed by atoms with E-state index in [0.29, 0.717) is 22.8 Å². The normalized spacial score (nSPS) is 20.8. The van der Waals surface area contributed by atoms with Gasteiger partial charge >= 0.3 is 10.2 Å². The fourth-order valence-electron chi connectivity index (χ4n) is 5.28. The molecule has 1 saturated carbocycles. The molecule has 16 heteroatoms. The maximum atomic E-state index is 12.5. The summed E-state index contributed by atoms with van der Waals surface area (Å²) in [5, 5.41) is 36.7. The van der Waals surface area contributed by atoms with E-state index in [0.717, 1.165) is 24.5 Å². The Balaban J connectivity index is 0.000000582. The number of ether oxygens (including phenoxy) is 1. The zero-order chi connectivity index (χ0) is 34.4. The summed E-state index contributed by atoms with van der Waals surface area (Å²) >= 11 is 0. The quantitative estimate of drug-likeness (QED) is 0.117. The minimum atomic E-state index is -4.44. The molecule has 2 aliphatic rings. The molecule has 0 radical (unpaired) electrons. The van der Waals surface area contributed by atoms with Gasteiger partial charge in [0.15, 0.2) is 29.0 Å². The summed E-state index contributed by atoms with van der Waals surface area (Å²) < 4.78 is 36.2. The summed E-state index contributed by atoms with van der Waals surface area (Å²) in [6, 6.07) is 14.8. The summed E-state index contributed by atoms with van der Waals surface area (Å²) in [6.45, 7) is 10.0. The van der Waals surface area contributed by atoms with E-state index in [2.05, 4.69) is 45.8 Å². The molecule has 4 atom stereocenters. The topological polar surface area (TPSA) is 208 Å². The second-order valence-electron chi connectivity index (χ2n) is 11.6. The van der Waals surface area contributed by atoms with Crippen LogP contribution >= 0.6 is 0 Å². The number of nitrogens with zero attached hydrogens (tertiary/aromatic N) is 4. The van der Waals surface area contributed by atoms with E-state index in [9.17, 15) is 28.5 Å². The number of benzene rings is 2. The number of carbonyl (C=O) groups excluding carboxylic acids is 1. The van der Waals surface area contributed by atoms with Crippen molar-refractivity contribution >= 4 is 33.1 Å². The van der Waals surface area contributed by atoms with Crippen molar-refractivity contribution in [1.29, 1.82) is 0 Å². The molecule has 0 unspecified atom stereocenters. The second-order valence-corrected chi connectivity index (χ2v) is 13.1. The van der Waals surface area contributed by atoms with E-state index < -0.39 is 53.0 Å². The number of imidazole rings is 1. The lowest BCUT2D eigenvalue weighted by atomic mass is 10.1. The molecular weight excluding hydrogens is 640 g/mol. The summed E-state index contributed by atoms with van der Waals surface area (Å²) in [6.07, 6.45) is -1.86. The highest BCUT2D eigenvalue weighted by Gasteiger charge is 2.45. The third kappa shape index (κ3) is 8.26. The lowest BCUT2D eigenvalue weighted by Gasteiger charge is -2.17. The molecule has 6 N–H and O–H groups in total. The van der Waals surface area contributed by atoms with Gasteiger partial charge in [0.25, 0.3) is 5.91 Å². The third-order valence-corrected chi connectivity index (χ3v) is 9.32. The standard InChI is InChI=1S/C26H27N7O7S.C6H15N/c34-17-9-5-4-8-16(17)25(37)32-41(38,39)28-12-18-20(35)21(36)26(40-18)33-13-27-19-23(29-15-10-11-15)30-22(31-24(19)33)14-6-2-1-3-7-14;1-4-7(5-2)6-3/h1-9,13,15,18,20-21,26,28,34-36H,10-12H2,(H,32,37)(H,29,30,31);4-6H2,1-3H3/t18-,20-,21-,26-;/m1./s1. The van der Waals surface area contributed by atoms with Crippen LogP contribution in [0, 0.1) is 0 Å². The molecule has 3 heterocycles. The number of carbonyl (C=O) groups is 1. The van der Waals surface area contributed by atoms with E-state index in [1.165, 1.54) is 48.7 Å². The maximum Gasteiger partial charge on any atom is 0.301 e. The van der Waals surface area contributed by atoms with Crippen molar-refractivity contribution in [3.8, 4) is 17.1 Å². The number of para-hydroxylation sites is 1. The Hall–Kier alpha value is -4.19. The molecule has 2 fully saturated rings. The number of hydrogen-bond donors (Lipinski definition) is 6. The second kappa shape index (κ2) is 15.4. The Morgan fingerprint density at radius 1 is 1.00 bits per heavy atom. The van der Waals surface area contributed by atoms with Crippen LogP contribution in [0.25, 0.3) is 22.6 Å². The molecule has 48 heavy (non-hydrogen) atoms. The number of nitrogens with one attached hydrogen (secondary N) is 4. The Morgan fingerprint density at radius 3 is 2.29 bits per heavy atom. The molecule has 4 aromatic rings. The van der Waals surface area contributed by atoms with Gasteiger partial charge in [-0.25, -0.2) is 19.7 Å². The van der Waals surface area contributed by atoms with Crippen LogP contribution in [0.4, 0.5) is 5.82 Å². The first-order valence-corrected chi connectivity index (χ1v) is 17.5. The number of anilines is 1. The van der Waals surface area contributed by atoms with Crippen molar-refractivity contribution in [2.45, 2.75) is 64.2 Å². The van der Waals surface area contributed by atoms with Crippen molar-refractivity contribution < 1.29 is 38.2 Å². The van der Waals surface area contributed by atoms with Crippen molar-refractivity contribution in [1.82, 2.24) is 29.0 Å². The van der Waals surface area contributed by atoms with E-state index in [1.54, 1.807) is 9.62 Å². The number of amides is 1. The summed E-state index contributed by atoms with van der Waals surface area (Å²) in [5.41, 5.74) is 1.23. The number of quaternary nitrogens is 1. The molecule has 6 rings (SSSR count). The van der Waals surface area contributed by atoms with Crippen LogP contribution in [0.2, 0.25) is 0 Å². The van der Waals surface area contributed by atoms with Crippen LogP contribution in [-0.4, -0.2) is 94.6 Å². The third-order valence-electron chi connectivity index (χ3n) is 8.32. The van der Waals surface area contributed by atoms with Gasteiger partial charge in [0.05, 0.1) is 26.0 Å². The Morgan fingerprint density at radius 2 is 1.67 bits per heavy atom. The zero-order valence-electron chi connectivity index (χ0n) is 27.0. The van der Waals surface area contributed by atoms with Gasteiger partial charge in [0, 0.05) is 23.7 Å². The van der Waals surface area contributed by atoms with Crippen LogP contribution in [0.1, 0.15) is 50.2 Å². The van der Waals surface area contributed by atoms with Gasteiger partial charge in [-0.3, -0.25) is 9.36 Å². The molecule has 1 aliphatic heterocycles. The Labute approximate surface area is 279 Å². The highest BCUT2D eigenvalue weighted by atomic mass is 32.2. The zero-order valence-corrected chi connectivity index (χ0v) is 27.9. The summed E-state index contributed by atoms with van der Waals surface area (Å²) in [5.74, 6) is -0.787. The van der Waals surface area contributed by atoms with E-state index in [1.807, 2.05) is 30.3 Å². The van der Waals surface area contributed by atoms with Gasteiger partial charge < -0.3 is 30.3 Å². The van der Waals surface area contributed by atoms with Crippen molar-refractivity contribution in [2.75, 3.05) is 31.5 Å². The molecule has 1 aliphatic carbocycles. The average Bonchev–Trinajstić information content (AvgIpc) is 3.73. The van der Waals surface area contributed by atoms with Gasteiger partial charge in [0.1, 0.15) is 18.3 Å². The van der Waals surface area contributed by atoms with Gasteiger partial charge in [-0.05, 0) is 33.6 Å². The van der Waals surface area contributed by atoms with Crippen LogP contribution in [0.5, 0.6) is 5.75 Å². The largest absolute Gasteiger partial charge is 0.872 e. The van der Waals surface area contributed by atoms with E-state index in [-0.39, 0.29) is 11.6 Å². The Bertz CT molecular complexity index is 1790. The monoisotopic (exact) mass is 682 g/mol. The van der Waals surface area contributed by atoms with Crippen molar-refractivity contribution in [3.63, 3.8) is 0 Å². The number of aromatic nitrogens is 4. The number of aliphatic hydroxyl groups is 2. The molecular formula is C32H42N8O7S.